The summed E-state index contributed by atoms with van der Waals surface area (Å²) in [6, 6.07) is 6.13. The van der Waals surface area contributed by atoms with Gasteiger partial charge in [-0.05, 0) is 43.0 Å². The van der Waals surface area contributed by atoms with Crippen LogP contribution in [0.1, 0.15) is 37.7 Å². The van der Waals surface area contributed by atoms with Crippen LogP contribution in [0.3, 0.4) is 0 Å². The van der Waals surface area contributed by atoms with Gasteiger partial charge in [-0.25, -0.2) is 0 Å². The van der Waals surface area contributed by atoms with Crippen molar-refractivity contribution in [2.24, 2.45) is 5.92 Å². The fourth-order valence-corrected chi connectivity index (χ4v) is 2.99. The van der Waals surface area contributed by atoms with E-state index in [1.807, 2.05) is 6.07 Å². The van der Waals surface area contributed by atoms with Gasteiger partial charge >= 0.3 is 0 Å². The highest BCUT2D eigenvalue weighted by Gasteiger charge is 2.13. The first-order valence-corrected chi connectivity index (χ1v) is 8.33. The normalized spacial score (nSPS) is 15.7. The predicted octanol–water partition coefficient (Wildman–Crippen LogP) is 3.39. The average Bonchev–Trinajstić information content (AvgIpc) is 2.57. The average molecular weight is 307 g/mol. The van der Waals surface area contributed by atoms with E-state index in [1.54, 1.807) is 14.2 Å². The zero-order chi connectivity index (χ0) is 15.6. The van der Waals surface area contributed by atoms with Gasteiger partial charge in [0.15, 0.2) is 11.5 Å². The molecule has 0 aliphatic heterocycles. The summed E-state index contributed by atoms with van der Waals surface area (Å²) in [7, 11) is 3.35. The van der Waals surface area contributed by atoms with Crippen LogP contribution in [0.5, 0.6) is 11.5 Å². The first-order valence-electron chi connectivity index (χ1n) is 8.33. The van der Waals surface area contributed by atoms with Crippen molar-refractivity contribution < 1.29 is 14.2 Å². The minimum atomic E-state index is 0.534. The highest BCUT2D eigenvalue weighted by Crippen LogP contribution is 2.28. The molecular formula is C18H29NO3. The zero-order valence-corrected chi connectivity index (χ0v) is 13.9. The molecule has 2 rings (SSSR count). The van der Waals surface area contributed by atoms with Crippen molar-refractivity contribution in [2.75, 3.05) is 34.0 Å². The highest BCUT2D eigenvalue weighted by molar-refractivity contribution is 5.42. The van der Waals surface area contributed by atoms with Gasteiger partial charge in [-0.2, -0.15) is 0 Å². The van der Waals surface area contributed by atoms with Gasteiger partial charge in [-0.3, -0.25) is 0 Å². The van der Waals surface area contributed by atoms with E-state index in [0.717, 1.165) is 30.5 Å². The summed E-state index contributed by atoms with van der Waals surface area (Å²) in [6.07, 6.45) is 6.96. The maximum absolute atomic E-state index is 5.65. The minimum absolute atomic E-state index is 0.534. The van der Waals surface area contributed by atoms with Crippen LogP contribution in [0.25, 0.3) is 0 Å². The van der Waals surface area contributed by atoms with Gasteiger partial charge < -0.3 is 19.5 Å². The molecule has 1 aliphatic carbocycles. The molecule has 1 aliphatic rings. The van der Waals surface area contributed by atoms with E-state index in [1.165, 1.54) is 37.7 Å². The molecule has 1 aromatic rings. The predicted molar refractivity (Wildman–Crippen MR) is 88.6 cm³/mol. The summed E-state index contributed by atoms with van der Waals surface area (Å²) in [5.74, 6) is 2.41. The molecule has 0 atom stereocenters. The van der Waals surface area contributed by atoms with Crippen LogP contribution in [0, 0.1) is 5.92 Å². The Kier molecular flexibility index (Phi) is 7.54. The summed E-state index contributed by atoms with van der Waals surface area (Å²) < 4.78 is 16.1. The van der Waals surface area contributed by atoms with E-state index in [0.29, 0.717) is 13.2 Å². The molecule has 0 radical (unpaired) electrons. The minimum Gasteiger partial charge on any atom is -0.493 e. The summed E-state index contributed by atoms with van der Waals surface area (Å²) in [5.41, 5.74) is 1.23. The molecule has 124 valence electrons. The third kappa shape index (κ3) is 5.50. The lowest BCUT2D eigenvalue weighted by atomic mass is 9.89. The largest absolute Gasteiger partial charge is 0.493 e. The van der Waals surface area contributed by atoms with Crippen molar-refractivity contribution in [1.82, 2.24) is 5.32 Å². The maximum atomic E-state index is 5.65. The molecule has 4 nitrogen and oxygen atoms in total. The van der Waals surface area contributed by atoms with Crippen LogP contribution in [-0.4, -0.2) is 34.0 Å². The van der Waals surface area contributed by atoms with Gasteiger partial charge in [0.2, 0.25) is 0 Å². The SMILES string of the molecule is COCCOc1ccc(CNCC2CCCCC2)cc1OC. The molecule has 22 heavy (non-hydrogen) atoms. The molecule has 0 amide bonds. The number of ether oxygens (including phenoxy) is 3. The molecule has 0 spiro atoms. The molecule has 4 heteroatoms. The number of benzene rings is 1. The van der Waals surface area contributed by atoms with Gasteiger partial charge in [0, 0.05) is 13.7 Å². The summed E-state index contributed by atoms with van der Waals surface area (Å²) in [5, 5.41) is 3.58. The molecule has 1 saturated carbocycles. The second-order valence-electron chi connectivity index (χ2n) is 5.96. The molecule has 0 aromatic heterocycles. The first-order chi connectivity index (χ1) is 10.8. The van der Waals surface area contributed by atoms with Crippen molar-refractivity contribution in [1.29, 1.82) is 0 Å². The van der Waals surface area contributed by atoms with E-state index in [4.69, 9.17) is 14.2 Å². The van der Waals surface area contributed by atoms with Crippen molar-refractivity contribution in [3.05, 3.63) is 23.8 Å². The van der Waals surface area contributed by atoms with Gasteiger partial charge in [0.05, 0.1) is 13.7 Å². The summed E-state index contributed by atoms with van der Waals surface area (Å²) in [6.45, 7) is 3.11. The van der Waals surface area contributed by atoms with Crippen LogP contribution in [0.4, 0.5) is 0 Å². The Balaban J connectivity index is 1.80. The van der Waals surface area contributed by atoms with Crippen LogP contribution in [0.15, 0.2) is 18.2 Å². The smallest absolute Gasteiger partial charge is 0.161 e. The summed E-state index contributed by atoms with van der Waals surface area (Å²) >= 11 is 0. The molecule has 0 bridgehead atoms. The van der Waals surface area contributed by atoms with E-state index < -0.39 is 0 Å². The number of hydrogen-bond donors (Lipinski definition) is 1. The van der Waals surface area contributed by atoms with Crippen LogP contribution < -0.4 is 14.8 Å². The standard InChI is InChI=1S/C18H29NO3/c1-20-10-11-22-17-9-8-16(12-18(17)21-2)14-19-13-15-6-4-3-5-7-15/h8-9,12,15,19H,3-7,10-11,13-14H2,1-2H3. The number of hydrogen-bond acceptors (Lipinski definition) is 4. The fraction of sp³-hybridized carbons (Fsp3) is 0.667. The first kappa shape index (κ1) is 17.1. The second-order valence-corrected chi connectivity index (χ2v) is 5.96. The topological polar surface area (TPSA) is 39.7 Å². The lowest BCUT2D eigenvalue weighted by Gasteiger charge is -2.22. The quantitative estimate of drug-likeness (QED) is 0.710. The number of nitrogens with one attached hydrogen (secondary N) is 1. The summed E-state index contributed by atoms with van der Waals surface area (Å²) in [4.78, 5) is 0. The Labute approximate surface area is 134 Å². The maximum Gasteiger partial charge on any atom is 0.161 e. The monoisotopic (exact) mass is 307 g/mol. The molecule has 1 N–H and O–H groups in total. The van der Waals surface area contributed by atoms with E-state index >= 15 is 0 Å². The Morgan fingerprint density at radius 1 is 1.05 bits per heavy atom. The lowest BCUT2D eigenvalue weighted by molar-refractivity contribution is 0.144. The van der Waals surface area contributed by atoms with Gasteiger partial charge in [0.25, 0.3) is 0 Å². The molecular weight excluding hydrogens is 278 g/mol. The molecule has 0 heterocycles. The van der Waals surface area contributed by atoms with Crippen molar-refractivity contribution in [3.63, 3.8) is 0 Å². The van der Waals surface area contributed by atoms with Crippen molar-refractivity contribution >= 4 is 0 Å². The number of rotatable bonds is 9. The zero-order valence-electron chi connectivity index (χ0n) is 13.9. The van der Waals surface area contributed by atoms with Crippen molar-refractivity contribution in [2.45, 2.75) is 38.6 Å². The van der Waals surface area contributed by atoms with E-state index in [2.05, 4.69) is 17.4 Å². The van der Waals surface area contributed by atoms with Crippen LogP contribution >= 0.6 is 0 Å². The lowest BCUT2D eigenvalue weighted by Crippen LogP contribution is -2.24. The third-order valence-corrected chi connectivity index (χ3v) is 4.26. The van der Waals surface area contributed by atoms with E-state index in [-0.39, 0.29) is 0 Å². The molecule has 1 fully saturated rings. The van der Waals surface area contributed by atoms with E-state index in [9.17, 15) is 0 Å². The fourth-order valence-electron chi connectivity index (χ4n) is 2.99. The Morgan fingerprint density at radius 3 is 2.59 bits per heavy atom. The molecule has 0 saturated heterocycles. The third-order valence-electron chi connectivity index (χ3n) is 4.26. The molecule has 0 unspecified atom stereocenters. The van der Waals surface area contributed by atoms with Gasteiger partial charge in [-0.1, -0.05) is 25.3 Å². The molecule has 1 aromatic carbocycles. The van der Waals surface area contributed by atoms with Crippen LogP contribution in [0.2, 0.25) is 0 Å². The Hall–Kier alpha value is -1.26. The Bertz CT molecular complexity index is 430. The highest BCUT2D eigenvalue weighted by atomic mass is 16.5. The second kappa shape index (κ2) is 9.70. The van der Waals surface area contributed by atoms with Crippen molar-refractivity contribution in [3.8, 4) is 11.5 Å². The van der Waals surface area contributed by atoms with Gasteiger partial charge in [0.1, 0.15) is 6.61 Å². The van der Waals surface area contributed by atoms with Gasteiger partial charge in [-0.15, -0.1) is 0 Å². The van der Waals surface area contributed by atoms with Crippen LogP contribution in [-0.2, 0) is 11.3 Å². The Morgan fingerprint density at radius 2 is 1.86 bits per heavy atom. The number of methoxy groups -OCH3 is 2.